The summed E-state index contributed by atoms with van der Waals surface area (Å²) in [6.07, 6.45) is 5.13. The molecule has 0 saturated carbocycles. The fourth-order valence-corrected chi connectivity index (χ4v) is 3.59. The zero-order valence-electron chi connectivity index (χ0n) is 12.3. The molecule has 0 saturated heterocycles. The molecule has 0 atom stereocenters. The highest BCUT2D eigenvalue weighted by Gasteiger charge is 2.18. The van der Waals surface area contributed by atoms with Gasteiger partial charge < -0.3 is 0 Å². The van der Waals surface area contributed by atoms with Gasteiger partial charge in [-0.25, -0.2) is 8.42 Å². The predicted molar refractivity (Wildman–Crippen MR) is 84.7 cm³/mol. The third kappa shape index (κ3) is 3.82. The fourth-order valence-electron chi connectivity index (χ4n) is 2.20. The molecule has 21 heavy (non-hydrogen) atoms. The highest BCUT2D eigenvalue weighted by atomic mass is 32.2. The number of hydrogen-bond donors (Lipinski definition) is 1. The number of aryl methyl sites for hydroxylation is 1. The Balaban J connectivity index is 2.30. The maximum atomic E-state index is 12.3. The first-order chi connectivity index (χ1) is 10.1. The number of sulfone groups is 1. The lowest BCUT2D eigenvalue weighted by Crippen LogP contribution is -2.09. The Morgan fingerprint density at radius 2 is 2.00 bits per heavy atom. The quantitative estimate of drug-likeness (QED) is 0.891. The van der Waals surface area contributed by atoms with Gasteiger partial charge >= 0.3 is 0 Å². The molecule has 1 aromatic carbocycles. The molecule has 0 aliphatic rings. The van der Waals surface area contributed by atoms with Crippen molar-refractivity contribution >= 4 is 15.9 Å². The van der Waals surface area contributed by atoms with Gasteiger partial charge in [0.05, 0.1) is 5.75 Å². The van der Waals surface area contributed by atoms with E-state index >= 15 is 0 Å². The van der Waals surface area contributed by atoms with Gasteiger partial charge in [-0.3, -0.25) is 5.10 Å². The SMILES string of the molecule is CCC(=Cc1ccccc1CC)CS(=O)(=O)c1cc[nH]n1. The third-order valence-corrected chi connectivity index (χ3v) is 5.03. The number of hydrogen-bond acceptors (Lipinski definition) is 3. The first-order valence-electron chi connectivity index (χ1n) is 7.06. The maximum absolute atomic E-state index is 12.3. The van der Waals surface area contributed by atoms with Crippen LogP contribution in [0.25, 0.3) is 6.08 Å². The van der Waals surface area contributed by atoms with Crippen LogP contribution in [-0.2, 0) is 16.3 Å². The normalized spacial score (nSPS) is 12.6. The lowest BCUT2D eigenvalue weighted by atomic mass is 10.0. The molecule has 1 heterocycles. The molecule has 0 spiro atoms. The summed E-state index contributed by atoms with van der Waals surface area (Å²) in [5.74, 6) is 0.00635. The lowest BCUT2D eigenvalue weighted by molar-refractivity contribution is 0.593. The molecular weight excluding hydrogens is 284 g/mol. The van der Waals surface area contributed by atoms with Gasteiger partial charge in [0.2, 0.25) is 9.84 Å². The van der Waals surface area contributed by atoms with Gasteiger partial charge in [0, 0.05) is 6.20 Å². The second-order valence-electron chi connectivity index (χ2n) is 4.88. The molecule has 5 heteroatoms. The van der Waals surface area contributed by atoms with Crippen LogP contribution in [0.2, 0.25) is 0 Å². The summed E-state index contributed by atoms with van der Waals surface area (Å²) in [6.45, 7) is 4.07. The van der Waals surface area contributed by atoms with Crippen molar-refractivity contribution in [3.8, 4) is 0 Å². The van der Waals surface area contributed by atoms with Crippen LogP contribution in [0, 0.1) is 0 Å². The Kier molecular flexibility index (Phi) is 4.96. The van der Waals surface area contributed by atoms with Crippen LogP contribution in [0.15, 0.2) is 47.1 Å². The number of nitrogens with zero attached hydrogens (tertiary/aromatic N) is 1. The molecule has 2 aromatic rings. The predicted octanol–water partition coefficient (Wildman–Crippen LogP) is 3.24. The summed E-state index contributed by atoms with van der Waals surface area (Å²) in [7, 11) is -3.38. The topological polar surface area (TPSA) is 62.8 Å². The minimum Gasteiger partial charge on any atom is -0.284 e. The molecular formula is C16H20N2O2S. The van der Waals surface area contributed by atoms with Gasteiger partial charge in [-0.1, -0.05) is 49.8 Å². The van der Waals surface area contributed by atoms with Crippen LogP contribution in [-0.4, -0.2) is 24.4 Å². The van der Waals surface area contributed by atoms with E-state index in [4.69, 9.17) is 0 Å². The standard InChI is InChI=1S/C16H20N2O2S/c1-3-13(11-15-8-6-5-7-14(15)4-2)12-21(19,20)16-9-10-17-18-16/h5-11H,3-4,12H2,1-2H3,(H,17,18). The second-order valence-corrected chi connectivity index (χ2v) is 6.82. The first kappa shape index (κ1) is 15.5. The van der Waals surface area contributed by atoms with Gasteiger partial charge in [0.1, 0.15) is 0 Å². The lowest BCUT2D eigenvalue weighted by Gasteiger charge is -2.08. The summed E-state index contributed by atoms with van der Waals surface area (Å²) < 4.78 is 24.6. The third-order valence-electron chi connectivity index (χ3n) is 3.42. The zero-order valence-corrected chi connectivity index (χ0v) is 13.2. The maximum Gasteiger partial charge on any atom is 0.201 e. The summed E-state index contributed by atoms with van der Waals surface area (Å²) >= 11 is 0. The zero-order chi connectivity index (χ0) is 15.3. The van der Waals surface area contributed by atoms with Gasteiger partial charge in [-0.15, -0.1) is 0 Å². The largest absolute Gasteiger partial charge is 0.284 e. The van der Waals surface area contributed by atoms with E-state index in [1.165, 1.54) is 17.8 Å². The Hall–Kier alpha value is -1.88. The van der Waals surface area contributed by atoms with Gasteiger partial charge in [-0.05, 0) is 30.0 Å². The van der Waals surface area contributed by atoms with Crippen molar-refractivity contribution in [1.29, 1.82) is 0 Å². The van der Waals surface area contributed by atoms with Crippen molar-refractivity contribution in [2.75, 3.05) is 5.75 Å². The van der Waals surface area contributed by atoms with Crippen LogP contribution in [0.5, 0.6) is 0 Å². The van der Waals surface area contributed by atoms with Crippen molar-refractivity contribution < 1.29 is 8.42 Å². The van der Waals surface area contributed by atoms with E-state index < -0.39 is 9.84 Å². The summed E-state index contributed by atoms with van der Waals surface area (Å²) in [6, 6.07) is 9.56. The second kappa shape index (κ2) is 6.72. The molecule has 0 unspecified atom stereocenters. The highest BCUT2D eigenvalue weighted by molar-refractivity contribution is 7.91. The van der Waals surface area contributed by atoms with Crippen LogP contribution in [0.1, 0.15) is 31.4 Å². The van der Waals surface area contributed by atoms with Gasteiger partial charge in [-0.2, -0.15) is 5.10 Å². The Morgan fingerprint density at radius 3 is 2.62 bits per heavy atom. The van der Waals surface area contributed by atoms with E-state index in [2.05, 4.69) is 23.2 Å². The number of nitrogens with one attached hydrogen (secondary N) is 1. The monoisotopic (exact) mass is 304 g/mol. The molecule has 0 amide bonds. The van der Waals surface area contributed by atoms with E-state index in [0.717, 1.165) is 17.6 Å². The van der Waals surface area contributed by atoms with E-state index in [-0.39, 0.29) is 10.8 Å². The minimum absolute atomic E-state index is 0.00635. The van der Waals surface area contributed by atoms with Crippen LogP contribution in [0.4, 0.5) is 0 Å². The molecule has 2 rings (SSSR count). The molecule has 112 valence electrons. The van der Waals surface area contributed by atoms with Crippen molar-refractivity contribution in [2.45, 2.75) is 31.7 Å². The fraction of sp³-hybridized carbons (Fsp3) is 0.312. The molecule has 4 nitrogen and oxygen atoms in total. The van der Waals surface area contributed by atoms with E-state index in [1.54, 1.807) is 0 Å². The van der Waals surface area contributed by atoms with Gasteiger partial charge in [0.25, 0.3) is 0 Å². The molecule has 0 bridgehead atoms. The van der Waals surface area contributed by atoms with Crippen LogP contribution >= 0.6 is 0 Å². The number of benzene rings is 1. The average Bonchev–Trinajstić information content (AvgIpc) is 3.02. The van der Waals surface area contributed by atoms with Crippen molar-refractivity contribution in [3.05, 3.63) is 53.2 Å². The number of H-pyrrole nitrogens is 1. The first-order valence-corrected chi connectivity index (χ1v) is 8.72. The summed E-state index contributed by atoms with van der Waals surface area (Å²) in [4.78, 5) is 0. The number of aromatic amines is 1. The molecule has 0 radical (unpaired) electrons. The van der Waals surface area contributed by atoms with E-state index in [0.29, 0.717) is 6.42 Å². The Morgan fingerprint density at radius 1 is 1.24 bits per heavy atom. The minimum atomic E-state index is -3.38. The summed E-state index contributed by atoms with van der Waals surface area (Å²) in [5, 5.41) is 6.42. The van der Waals surface area contributed by atoms with Crippen molar-refractivity contribution in [1.82, 2.24) is 10.2 Å². The number of rotatable bonds is 6. The molecule has 0 fully saturated rings. The van der Waals surface area contributed by atoms with Gasteiger partial charge in [0.15, 0.2) is 5.03 Å². The van der Waals surface area contributed by atoms with Crippen molar-refractivity contribution in [2.24, 2.45) is 0 Å². The molecule has 0 aliphatic carbocycles. The average molecular weight is 304 g/mol. The summed E-state index contributed by atoms with van der Waals surface area (Å²) in [5.41, 5.74) is 3.20. The Labute approximate surface area is 125 Å². The molecule has 1 aromatic heterocycles. The smallest absolute Gasteiger partial charge is 0.201 e. The van der Waals surface area contributed by atoms with Crippen LogP contribution < -0.4 is 0 Å². The Bertz CT molecular complexity index is 716. The molecule has 1 N–H and O–H groups in total. The van der Waals surface area contributed by atoms with E-state index in [1.807, 2.05) is 31.2 Å². The number of aromatic nitrogens is 2. The van der Waals surface area contributed by atoms with Crippen LogP contribution in [0.3, 0.4) is 0 Å². The molecule has 0 aliphatic heterocycles. The van der Waals surface area contributed by atoms with Crippen molar-refractivity contribution in [3.63, 3.8) is 0 Å². The van der Waals surface area contributed by atoms with E-state index in [9.17, 15) is 8.42 Å². The highest BCUT2D eigenvalue weighted by Crippen LogP contribution is 2.19.